The summed E-state index contributed by atoms with van der Waals surface area (Å²) in [6, 6.07) is 13.9. The molecule has 1 heterocycles. The Bertz CT molecular complexity index is 964. The summed E-state index contributed by atoms with van der Waals surface area (Å²) < 4.78 is 6.16. The monoisotopic (exact) mass is 508 g/mol. The summed E-state index contributed by atoms with van der Waals surface area (Å²) in [6.45, 7) is 7.84. The van der Waals surface area contributed by atoms with Gasteiger partial charge in [0.1, 0.15) is 11.9 Å². The van der Waals surface area contributed by atoms with Gasteiger partial charge in [-0.25, -0.2) is 4.79 Å². The number of carboxylic acid groups (broad SMARTS) is 1. The lowest BCUT2D eigenvalue weighted by Gasteiger charge is -2.40. The van der Waals surface area contributed by atoms with Crippen LogP contribution < -0.4 is 10.1 Å². The molecule has 2 aromatic rings. The van der Waals surface area contributed by atoms with Crippen LogP contribution in [-0.2, 0) is 4.79 Å². The van der Waals surface area contributed by atoms with Crippen molar-refractivity contribution in [3.63, 3.8) is 0 Å². The fraction of sp³-hybridized carbons (Fsp3) is 0.462. The molecule has 2 N–H and O–H groups in total. The van der Waals surface area contributed by atoms with Crippen molar-refractivity contribution in [2.24, 2.45) is 0 Å². The molecule has 1 amide bonds. The van der Waals surface area contributed by atoms with Gasteiger partial charge in [-0.2, -0.15) is 0 Å². The first kappa shape index (κ1) is 28.0. The largest absolute Gasteiger partial charge is 0.489 e. The molecule has 6 nitrogen and oxygen atoms in total. The summed E-state index contributed by atoms with van der Waals surface area (Å²) in [5, 5.41) is 12.8. The Kier molecular flexibility index (Phi) is 10.2. The average Bonchev–Trinajstić information content (AvgIpc) is 3.26. The Morgan fingerprint density at radius 3 is 2.47 bits per heavy atom. The Hall–Kier alpha value is -2.28. The van der Waals surface area contributed by atoms with E-state index in [1.54, 1.807) is 24.3 Å². The number of ether oxygens (including phenoxy) is 1. The van der Waals surface area contributed by atoms with Crippen molar-refractivity contribution in [3.05, 3.63) is 64.7 Å². The van der Waals surface area contributed by atoms with Gasteiger partial charge in [-0.3, -0.25) is 9.69 Å². The molecule has 3 rings (SSSR count). The Morgan fingerprint density at radius 2 is 1.88 bits per heavy atom. The van der Waals surface area contributed by atoms with Gasteiger partial charge in [0, 0.05) is 30.1 Å². The minimum Gasteiger partial charge on any atom is -0.489 e. The van der Waals surface area contributed by atoms with Crippen molar-refractivity contribution in [2.45, 2.75) is 64.1 Å². The molecule has 0 saturated carbocycles. The molecule has 0 unspecified atom stereocenters. The van der Waals surface area contributed by atoms with Crippen molar-refractivity contribution in [1.29, 1.82) is 0 Å². The number of rotatable bonds is 10. The molecule has 0 spiro atoms. The molecular weight excluding hydrogens is 475 g/mol. The van der Waals surface area contributed by atoms with E-state index in [0.717, 1.165) is 43.7 Å². The van der Waals surface area contributed by atoms with E-state index in [0.29, 0.717) is 11.4 Å². The number of benzene rings is 2. The fourth-order valence-corrected chi connectivity index (χ4v) is 4.82. The summed E-state index contributed by atoms with van der Waals surface area (Å²) in [4.78, 5) is 26.5. The van der Waals surface area contributed by atoms with E-state index in [9.17, 15) is 9.59 Å². The first-order chi connectivity index (χ1) is 15.8. The van der Waals surface area contributed by atoms with Gasteiger partial charge in [0.25, 0.3) is 0 Å². The van der Waals surface area contributed by atoms with Gasteiger partial charge in [0.05, 0.1) is 11.6 Å². The topological polar surface area (TPSA) is 78.9 Å². The van der Waals surface area contributed by atoms with Crippen molar-refractivity contribution in [1.82, 2.24) is 10.2 Å². The molecule has 1 saturated heterocycles. The molecule has 2 aromatic carbocycles. The first-order valence-electron chi connectivity index (χ1n) is 11.6. The van der Waals surface area contributed by atoms with E-state index in [1.165, 1.54) is 0 Å². The number of hydrogen-bond acceptors (Lipinski definition) is 4. The number of carbonyl (C=O) groups is 2. The van der Waals surface area contributed by atoms with Crippen molar-refractivity contribution >= 4 is 35.9 Å². The third-order valence-corrected chi connectivity index (χ3v) is 6.99. The molecule has 34 heavy (non-hydrogen) atoms. The van der Waals surface area contributed by atoms with Crippen LogP contribution in [0.4, 0.5) is 0 Å². The van der Waals surface area contributed by atoms with E-state index < -0.39 is 5.97 Å². The molecule has 8 heteroatoms. The highest BCUT2D eigenvalue weighted by molar-refractivity contribution is 6.30. The predicted molar refractivity (Wildman–Crippen MR) is 137 cm³/mol. The zero-order valence-corrected chi connectivity index (χ0v) is 21.5. The maximum atomic E-state index is 13.0. The van der Waals surface area contributed by atoms with Gasteiger partial charge in [0.2, 0.25) is 5.91 Å². The molecule has 1 fully saturated rings. The van der Waals surface area contributed by atoms with Gasteiger partial charge < -0.3 is 15.2 Å². The Labute approximate surface area is 213 Å². The van der Waals surface area contributed by atoms with Crippen LogP contribution >= 0.6 is 24.0 Å². The van der Waals surface area contributed by atoms with Crippen LogP contribution in [0, 0.1) is 0 Å². The smallest absolute Gasteiger partial charge is 0.335 e. The van der Waals surface area contributed by atoms with Gasteiger partial charge in [-0.15, -0.1) is 12.4 Å². The lowest BCUT2D eigenvalue weighted by atomic mass is 9.86. The van der Waals surface area contributed by atoms with E-state index in [2.05, 4.69) is 24.1 Å². The highest BCUT2D eigenvalue weighted by Crippen LogP contribution is 2.33. The summed E-state index contributed by atoms with van der Waals surface area (Å²) in [5.74, 6) is -0.196. The third kappa shape index (κ3) is 6.87. The molecule has 0 aliphatic carbocycles. The summed E-state index contributed by atoms with van der Waals surface area (Å²) in [7, 11) is 0. The van der Waals surface area contributed by atoms with Gasteiger partial charge in [0.15, 0.2) is 0 Å². The second kappa shape index (κ2) is 12.4. The van der Waals surface area contributed by atoms with Gasteiger partial charge >= 0.3 is 5.97 Å². The van der Waals surface area contributed by atoms with Crippen molar-refractivity contribution < 1.29 is 19.4 Å². The fourth-order valence-electron chi connectivity index (χ4n) is 4.64. The van der Waals surface area contributed by atoms with Crippen molar-refractivity contribution in [3.8, 4) is 5.75 Å². The molecule has 2 atom stereocenters. The maximum Gasteiger partial charge on any atom is 0.335 e. The molecule has 0 aromatic heterocycles. The van der Waals surface area contributed by atoms with Crippen LogP contribution in [0.2, 0.25) is 5.02 Å². The predicted octanol–water partition coefficient (Wildman–Crippen LogP) is 5.74. The number of aromatic carboxylic acids is 1. The van der Waals surface area contributed by atoms with Crippen molar-refractivity contribution in [2.75, 3.05) is 13.1 Å². The van der Waals surface area contributed by atoms with Crippen LogP contribution in [-0.4, -0.2) is 46.6 Å². The quantitative estimate of drug-likeness (QED) is 0.427. The van der Waals surface area contributed by atoms with Gasteiger partial charge in [-0.05, 0) is 62.1 Å². The molecule has 1 aliphatic rings. The van der Waals surface area contributed by atoms with Crippen LogP contribution in [0.3, 0.4) is 0 Å². The number of nitrogens with one attached hydrogen (secondary N) is 1. The average molecular weight is 509 g/mol. The standard InChI is InChI=1S/C26H33ClN2O4.ClH/c1-4-26(5-2,29-14-13-23(17-29)33-22-8-6-7-21(27)15-22)16-24(30)28-18(3)19-9-11-20(12-10-19)25(31)32;/h6-12,15,18,23H,4-5,13-14,16-17H2,1-3H3,(H,28,30)(H,31,32);1H/t18-,23+;/m0./s1. The normalized spacial score (nSPS) is 17.0. The number of carboxylic acids is 1. The Balaban J connectivity index is 0.00000408. The number of amides is 1. The molecular formula is C26H34Cl2N2O4. The number of carbonyl (C=O) groups excluding carboxylic acids is 1. The number of hydrogen-bond donors (Lipinski definition) is 2. The third-order valence-electron chi connectivity index (χ3n) is 6.76. The highest BCUT2D eigenvalue weighted by Gasteiger charge is 2.40. The second-order valence-corrected chi connectivity index (χ2v) is 9.19. The zero-order valence-electron chi connectivity index (χ0n) is 19.9. The van der Waals surface area contributed by atoms with E-state index in [4.69, 9.17) is 21.4 Å². The molecule has 1 aliphatic heterocycles. The number of likely N-dealkylation sites (tertiary alicyclic amines) is 1. The number of nitrogens with zero attached hydrogens (tertiary/aromatic N) is 1. The number of halogens is 2. The van der Waals surface area contributed by atoms with E-state index in [1.807, 2.05) is 31.2 Å². The highest BCUT2D eigenvalue weighted by atomic mass is 35.5. The van der Waals surface area contributed by atoms with E-state index >= 15 is 0 Å². The molecule has 186 valence electrons. The minimum absolute atomic E-state index is 0. The lowest BCUT2D eigenvalue weighted by Crippen LogP contribution is -2.50. The van der Waals surface area contributed by atoms with Gasteiger partial charge in [-0.1, -0.05) is 43.6 Å². The maximum absolute atomic E-state index is 13.0. The SMILES string of the molecule is CCC(CC)(CC(=O)N[C@@H](C)c1ccc(C(=O)O)cc1)N1CC[C@@H](Oc2cccc(Cl)c2)C1.Cl. The summed E-state index contributed by atoms with van der Waals surface area (Å²) in [5.41, 5.74) is 0.878. The van der Waals surface area contributed by atoms with Crippen LogP contribution in [0.25, 0.3) is 0 Å². The zero-order chi connectivity index (χ0) is 24.0. The van der Waals surface area contributed by atoms with Crippen LogP contribution in [0.1, 0.15) is 68.4 Å². The van der Waals surface area contributed by atoms with Crippen LogP contribution in [0.5, 0.6) is 5.75 Å². The molecule has 0 radical (unpaired) electrons. The summed E-state index contributed by atoms with van der Waals surface area (Å²) >= 11 is 6.08. The van der Waals surface area contributed by atoms with Crippen LogP contribution in [0.15, 0.2) is 48.5 Å². The summed E-state index contributed by atoms with van der Waals surface area (Å²) in [6.07, 6.45) is 3.10. The molecule has 0 bridgehead atoms. The minimum atomic E-state index is -0.961. The second-order valence-electron chi connectivity index (χ2n) is 8.76. The van der Waals surface area contributed by atoms with E-state index in [-0.39, 0.29) is 41.6 Å². The lowest BCUT2D eigenvalue weighted by molar-refractivity contribution is -0.125. The Morgan fingerprint density at radius 1 is 1.21 bits per heavy atom. The first-order valence-corrected chi connectivity index (χ1v) is 11.9.